The molecule has 1 unspecified atom stereocenters. The van der Waals surface area contributed by atoms with Crippen LogP contribution in [0.4, 0.5) is 14.5 Å². The molecule has 1 aromatic heterocycles. The average Bonchev–Trinajstić information content (AvgIpc) is 3.35. The Labute approximate surface area is 175 Å². The number of halogens is 2. The molecule has 2 aliphatic rings. The summed E-state index contributed by atoms with van der Waals surface area (Å²) in [5, 5.41) is 0. The molecule has 0 saturated carbocycles. The van der Waals surface area contributed by atoms with Crippen molar-refractivity contribution in [2.24, 2.45) is 0 Å². The van der Waals surface area contributed by atoms with E-state index in [1.54, 1.807) is 35.5 Å². The van der Waals surface area contributed by atoms with E-state index in [9.17, 15) is 9.18 Å². The van der Waals surface area contributed by atoms with Gasteiger partial charge in [0.25, 0.3) is 5.91 Å². The standard InChI is InChI=1S/C24H15F2N3O2/c1-31-23-21-14-7-5-12(25)9-16(14)20-15(3-2-4-17(20)26)22(21)29(24(23)30)13-6-8-18-19(10-13)28-11-27-18/h2-11,22H,1H3,(H,27,28). The number of carbonyl (C=O) groups excluding carboxylic acids is 1. The third-order valence-electron chi connectivity index (χ3n) is 5.96. The van der Waals surface area contributed by atoms with Crippen molar-refractivity contribution in [2.75, 3.05) is 12.0 Å². The fourth-order valence-electron chi connectivity index (χ4n) is 4.71. The van der Waals surface area contributed by atoms with Crippen LogP contribution in [0.2, 0.25) is 0 Å². The average molecular weight is 415 g/mol. The maximum Gasteiger partial charge on any atom is 0.294 e. The molecule has 5 nitrogen and oxygen atoms in total. The summed E-state index contributed by atoms with van der Waals surface area (Å²) in [7, 11) is 1.43. The fraction of sp³-hybridized carbons (Fsp3) is 0.0833. The van der Waals surface area contributed by atoms with E-state index in [4.69, 9.17) is 4.74 Å². The van der Waals surface area contributed by atoms with E-state index in [1.165, 1.54) is 25.3 Å². The van der Waals surface area contributed by atoms with Gasteiger partial charge in [-0.15, -0.1) is 0 Å². The highest BCUT2D eigenvalue weighted by atomic mass is 19.1. The molecule has 0 bridgehead atoms. The van der Waals surface area contributed by atoms with Crippen LogP contribution in [0.1, 0.15) is 17.2 Å². The van der Waals surface area contributed by atoms with Crippen LogP contribution < -0.4 is 4.90 Å². The molecule has 3 aromatic carbocycles. The Morgan fingerprint density at radius 1 is 1.06 bits per heavy atom. The van der Waals surface area contributed by atoms with Gasteiger partial charge in [0.1, 0.15) is 11.6 Å². The first-order chi connectivity index (χ1) is 15.1. The van der Waals surface area contributed by atoms with E-state index in [2.05, 4.69) is 9.97 Å². The number of aromatic amines is 1. The molecule has 0 saturated heterocycles. The second-order valence-electron chi connectivity index (χ2n) is 7.52. The molecule has 152 valence electrons. The number of rotatable bonds is 2. The minimum absolute atomic E-state index is 0.164. The number of methoxy groups -OCH3 is 1. The number of aromatic nitrogens is 2. The van der Waals surface area contributed by atoms with E-state index >= 15 is 4.39 Å². The van der Waals surface area contributed by atoms with Crippen molar-refractivity contribution in [3.63, 3.8) is 0 Å². The second-order valence-corrected chi connectivity index (χ2v) is 7.52. The predicted octanol–water partition coefficient (Wildman–Crippen LogP) is 4.97. The molecular weight excluding hydrogens is 400 g/mol. The first-order valence-electron chi connectivity index (χ1n) is 9.72. The number of nitrogens with zero attached hydrogens (tertiary/aromatic N) is 2. The molecule has 7 heteroatoms. The summed E-state index contributed by atoms with van der Waals surface area (Å²) in [5.41, 5.74) is 4.64. The van der Waals surface area contributed by atoms with Crippen molar-refractivity contribution in [3.05, 3.63) is 89.4 Å². The second kappa shape index (κ2) is 6.25. The van der Waals surface area contributed by atoms with Crippen LogP contribution >= 0.6 is 0 Å². The number of fused-ring (bicyclic) bond motifs is 7. The highest BCUT2D eigenvalue weighted by molar-refractivity contribution is 6.18. The molecular formula is C24H15F2N3O2. The predicted molar refractivity (Wildman–Crippen MR) is 112 cm³/mol. The lowest BCUT2D eigenvalue weighted by molar-refractivity contribution is -0.117. The van der Waals surface area contributed by atoms with E-state index < -0.39 is 17.7 Å². The molecule has 1 atom stereocenters. The zero-order valence-electron chi connectivity index (χ0n) is 16.3. The lowest BCUT2D eigenvalue weighted by Crippen LogP contribution is -2.31. The molecule has 0 spiro atoms. The van der Waals surface area contributed by atoms with Crippen molar-refractivity contribution in [1.82, 2.24) is 9.97 Å². The Balaban J connectivity index is 1.66. The molecule has 6 rings (SSSR count). The molecule has 0 radical (unpaired) electrons. The van der Waals surface area contributed by atoms with Crippen molar-refractivity contribution < 1.29 is 18.3 Å². The summed E-state index contributed by atoms with van der Waals surface area (Å²) in [6, 6.07) is 13.7. The zero-order valence-corrected chi connectivity index (χ0v) is 16.3. The smallest absolute Gasteiger partial charge is 0.294 e. The van der Waals surface area contributed by atoms with E-state index in [-0.39, 0.29) is 11.7 Å². The van der Waals surface area contributed by atoms with Crippen molar-refractivity contribution >= 4 is 28.2 Å². The van der Waals surface area contributed by atoms with Crippen LogP contribution in [0.5, 0.6) is 0 Å². The number of carbonyl (C=O) groups is 1. The summed E-state index contributed by atoms with van der Waals surface area (Å²) in [5.74, 6) is -1.12. The summed E-state index contributed by atoms with van der Waals surface area (Å²) >= 11 is 0. The Kier molecular flexibility index (Phi) is 3.59. The van der Waals surface area contributed by atoms with Gasteiger partial charge in [-0.05, 0) is 53.1 Å². The number of nitrogens with one attached hydrogen (secondary N) is 1. The van der Waals surface area contributed by atoms with Gasteiger partial charge in [-0.25, -0.2) is 13.8 Å². The Bertz CT molecular complexity index is 1440. The third kappa shape index (κ3) is 2.34. The van der Waals surface area contributed by atoms with Gasteiger partial charge < -0.3 is 9.72 Å². The maximum absolute atomic E-state index is 15.0. The number of hydrogen-bond acceptors (Lipinski definition) is 3. The van der Waals surface area contributed by atoms with Gasteiger partial charge in [-0.3, -0.25) is 9.69 Å². The number of H-pyrrole nitrogens is 1. The molecule has 2 heterocycles. The SMILES string of the molecule is COC1=C2c3ccc(F)cc3-c3c(F)cccc3C2N(c2ccc3nc[nH]c3c2)C1=O. The number of amides is 1. The first-order valence-corrected chi connectivity index (χ1v) is 9.72. The van der Waals surface area contributed by atoms with Crippen molar-refractivity contribution in [2.45, 2.75) is 6.04 Å². The molecule has 1 aliphatic carbocycles. The van der Waals surface area contributed by atoms with E-state index in [0.29, 0.717) is 33.5 Å². The summed E-state index contributed by atoms with van der Waals surface area (Å²) in [6.07, 6.45) is 1.58. The molecule has 0 fully saturated rings. The third-order valence-corrected chi connectivity index (χ3v) is 5.96. The van der Waals surface area contributed by atoms with Crippen molar-refractivity contribution in [1.29, 1.82) is 0 Å². The number of benzene rings is 3. The highest BCUT2D eigenvalue weighted by Crippen LogP contribution is 2.54. The summed E-state index contributed by atoms with van der Waals surface area (Å²) in [6.45, 7) is 0. The van der Waals surface area contributed by atoms with Gasteiger partial charge in [-0.1, -0.05) is 18.2 Å². The number of ether oxygens (including phenoxy) is 1. The van der Waals surface area contributed by atoms with Gasteiger partial charge in [-0.2, -0.15) is 0 Å². The minimum atomic E-state index is -0.605. The van der Waals surface area contributed by atoms with Crippen LogP contribution in [0.15, 0.2) is 66.7 Å². The van der Waals surface area contributed by atoms with Crippen LogP contribution in [0, 0.1) is 11.6 Å². The topological polar surface area (TPSA) is 58.2 Å². The zero-order chi connectivity index (χ0) is 21.3. The molecule has 1 N–H and O–H groups in total. The maximum atomic E-state index is 15.0. The summed E-state index contributed by atoms with van der Waals surface area (Å²) < 4.78 is 34.7. The highest BCUT2D eigenvalue weighted by Gasteiger charge is 2.47. The molecule has 1 amide bonds. The van der Waals surface area contributed by atoms with E-state index in [0.717, 1.165) is 11.0 Å². The monoisotopic (exact) mass is 415 g/mol. The van der Waals surface area contributed by atoms with Gasteiger partial charge in [0, 0.05) is 16.8 Å². The lowest BCUT2D eigenvalue weighted by Gasteiger charge is -2.33. The fourth-order valence-corrected chi connectivity index (χ4v) is 4.71. The van der Waals surface area contributed by atoms with Crippen LogP contribution in [0.3, 0.4) is 0 Å². The van der Waals surface area contributed by atoms with Gasteiger partial charge in [0.15, 0.2) is 5.76 Å². The quantitative estimate of drug-likeness (QED) is 0.503. The molecule has 1 aliphatic heterocycles. The van der Waals surface area contributed by atoms with Crippen LogP contribution in [-0.4, -0.2) is 23.0 Å². The van der Waals surface area contributed by atoms with Crippen LogP contribution in [0.25, 0.3) is 27.7 Å². The number of anilines is 1. The van der Waals surface area contributed by atoms with Gasteiger partial charge in [0.2, 0.25) is 0 Å². The van der Waals surface area contributed by atoms with Crippen molar-refractivity contribution in [3.8, 4) is 11.1 Å². The van der Waals surface area contributed by atoms with E-state index in [1.807, 2.05) is 12.1 Å². The largest absolute Gasteiger partial charge is 0.491 e. The number of hydrogen-bond donors (Lipinski definition) is 1. The summed E-state index contributed by atoms with van der Waals surface area (Å²) in [4.78, 5) is 22.4. The first kappa shape index (κ1) is 17.8. The van der Waals surface area contributed by atoms with Crippen LogP contribution in [-0.2, 0) is 9.53 Å². The van der Waals surface area contributed by atoms with Gasteiger partial charge >= 0.3 is 0 Å². The number of imidazole rings is 1. The molecule has 31 heavy (non-hydrogen) atoms. The lowest BCUT2D eigenvalue weighted by atomic mass is 9.79. The Hall–Kier alpha value is -4.00. The molecule has 4 aromatic rings. The normalized spacial score (nSPS) is 17.1. The Morgan fingerprint density at radius 2 is 1.94 bits per heavy atom. The Morgan fingerprint density at radius 3 is 2.77 bits per heavy atom. The van der Waals surface area contributed by atoms with Gasteiger partial charge in [0.05, 0.1) is 30.5 Å². The minimum Gasteiger partial charge on any atom is -0.491 e.